The lowest BCUT2D eigenvalue weighted by Gasteiger charge is -2.47. The monoisotopic (exact) mass is 534 g/mol. The second kappa shape index (κ2) is 9.78. The maximum atomic E-state index is 15.3. The molecule has 0 aliphatic carbocycles. The predicted octanol–water partition coefficient (Wildman–Crippen LogP) is 3.56. The van der Waals surface area contributed by atoms with E-state index in [9.17, 15) is 14.4 Å². The third-order valence-corrected chi connectivity index (χ3v) is 5.86. The molecule has 8 nitrogen and oxygen atoms in total. The van der Waals surface area contributed by atoms with Gasteiger partial charge in [0.25, 0.3) is 5.91 Å². The van der Waals surface area contributed by atoms with Gasteiger partial charge in [0.15, 0.2) is 0 Å². The number of imide groups is 1. The van der Waals surface area contributed by atoms with Crippen LogP contribution < -0.4 is 10.1 Å². The third-order valence-electron chi connectivity index (χ3n) is 5.86. The van der Waals surface area contributed by atoms with Gasteiger partial charge in [-0.3, -0.25) is 24.6 Å². The molecule has 0 radical (unpaired) electrons. The van der Waals surface area contributed by atoms with Gasteiger partial charge in [-0.15, -0.1) is 0 Å². The average molecular weight is 535 g/mol. The molecule has 0 spiro atoms. The maximum Gasteiger partial charge on any atom is 0.255 e. The predicted molar refractivity (Wildman–Crippen MR) is 138 cm³/mol. The van der Waals surface area contributed by atoms with E-state index >= 15 is 4.39 Å². The summed E-state index contributed by atoms with van der Waals surface area (Å²) < 4.78 is 121. The molecule has 3 aliphatic heterocycles. The zero-order valence-electron chi connectivity index (χ0n) is 32.2. The Morgan fingerprint density at radius 3 is 2.66 bits per heavy atom. The van der Waals surface area contributed by atoms with E-state index in [4.69, 9.17) is 24.6 Å². The number of amides is 3. The second-order valence-electron chi connectivity index (χ2n) is 10.3. The molecule has 0 saturated carbocycles. The molecule has 0 bridgehead atoms. The van der Waals surface area contributed by atoms with E-state index in [1.807, 2.05) is 0 Å². The normalized spacial score (nSPS) is 33.8. The van der Waals surface area contributed by atoms with Crippen LogP contribution in [0.5, 0.6) is 5.75 Å². The number of rotatable bonds is 6. The molecule has 1 atom stereocenters. The first kappa shape index (κ1) is 16.0. The number of nitrogens with zero attached hydrogens (tertiary/aromatic N) is 2. The number of morpholine rings is 1. The van der Waals surface area contributed by atoms with Gasteiger partial charge in [-0.1, -0.05) is 12.1 Å². The van der Waals surface area contributed by atoms with Gasteiger partial charge in [0.1, 0.15) is 24.1 Å². The van der Waals surface area contributed by atoms with Gasteiger partial charge in [0, 0.05) is 50.9 Å². The average Bonchev–Trinajstić information content (AvgIpc) is 3.15. The summed E-state index contributed by atoms with van der Waals surface area (Å²) in [6.07, 6.45) is -7.38. The topological polar surface area (TPSA) is 88.2 Å². The number of carbonyl (C=O) groups is 3. The molecule has 1 N–H and O–H groups in total. The molecule has 5 rings (SSSR count). The number of carbonyl (C=O) groups excluding carboxylic acids is 3. The van der Waals surface area contributed by atoms with Crippen molar-refractivity contribution >= 4 is 17.7 Å². The smallest absolute Gasteiger partial charge is 0.255 e. The number of benzene rings is 2. The van der Waals surface area contributed by atoms with E-state index in [1.54, 1.807) is 27.7 Å². The van der Waals surface area contributed by atoms with Crippen molar-refractivity contribution in [3.8, 4) is 5.75 Å². The summed E-state index contributed by atoms with van der Waals surface area (Å²) in [5, 5.41) is 1.49. The Bertz CT molecular complexity index is 1750. The van der Waals surface area contributed by atoms with Crippen molar-refractivity contribution in [1.82, 2.24) is 15.1 Å². The Labute approximate surface area is 237 Å². The van der Waals surface area contributed by atoms with Crippen LogP contribution in [0.2, 0.25) is 0 Å². The van der Waals surface area contributed by atoms with Gasteiger partial charge in [-0.25, -0.2) is 4.39 Å². The number of piperidine rings is 1. The lowest BCUT2D eigenvalue weighted by Crippen LogP contribution is -2.56. The van der Waals surface area contributed by atoms with Crippen molar-refractivity contribution in [2.75, 3.05) is 13.1 Å². The van der Waals surface area contributed by atoms with E-state index in [0.29, 0.717) is 0 Å². The van der Waals surface area contributed by atoms with Crippen molar-refractivity contribution in [2.45, 2.75) is 77.2 Å². The van der Waals surface area contributed by atoms with Crippen molar-refractivity contribution in [1.29, 1.82) is 0 Å². The van der Waals surface area contributed by atoms with E-state index in [-0.39, 0.29) is 23.6 Å². The minimum atomic E-state index is -3.80. The van der Waals surface area contributed by atoms with Crippen LogP contribution in [0.15, 0.2) is 36.4 Å². The fourth-order valence-corrected chi connectivity index (χ4v) is 4.71. The minimum absolute atomic E-state index is 0.134. The van der Waals surface area contributed by atoms with Gasteiger partial charge < -0.3 is 14.4 Å². The van der Waals surface area contributed by atoms with Gasteiger partial charge in [-0.2, -0.15) is 0 Å². The van der Waals surface area contributed by atoms with Crippen LogP contribution in [0.1, 0.15) is 82.6 Å². The molecule has 3 heterocycles. The molecule has 0 aromatic heterocycles. The zero-order chi connectivity index (χ0) is 37.1. The molecular weight excluding hydrogens is 489 g/mol. The third kappa shape index (κ3) is 5.44. The SMILES string of the molecule is [2H]C([2H])(Oc1cccc2c1C([2H])([2H])N(C1([2H])C(=O)NC(=O)C([2H])([2H])C1([2H])[2H])C2=O)c1cc(C([2H])([2H])N2CC(C)(C)OC(C)(C)C2)ccc1F. The Morgan fingerprint density at radius 2 is 1.92 bits per heavy atom. The number of ether oxygens (including phenoxy) is 2. The minimum Gasteiger partial charge on any atom is -0.488 e. The number of halogens is 1. The Balaban J connectivity index is 1.55. The number of hydrogen-bond acceptors (Lipinski definition) is 6. The van der Waals surface area contributed by atoms with Crippen LogP contribution in [0.4, 0.5) is 4.39 Å². The van der Waals surface area contributed by atoms with Crippen LogP contribution in [-0.2, 0) is 33.9 Å². The highest BCUT2D eigenvalue weighted by atomic mass is 19.1. The van der Waals surface area contributed by atoms with Crippen LogP contribution >= 0.6 is 0 Å². The van der Waals surface area contributed by atoms with E-state index < -0.39 is 95.5 Å². The number of fused-ring (bicyclic) bond motifs is 1. The van der Waals surface area contributed by atoms with Gasteiger partial charge in [-0.05, 0) is 63.9 Å². The van der Waals surface area contributed by atoms with E-state index in [0.717, 1.165) is 36.4 Å². The molecule has 2 aromatic carbocycles. The summed E-state index contributed by atoms with van der Waals surface area (Å²) in [6.45, 7) is -1.35. The lowest BCUT2D eigenvalue weighted by atomic mass is 9.98. The fraction of sp³-hybridized carbons (Fsp3) is 0.483. The summed E-state index contributed by atoms with van der Waals surface area (Å²) >= 11 is 0. The van der Waals surface area contributed by atoms with E-state index in [2.05, 4.69) is 0 Å². The highest BCUT2D eigenvalue weighted by molar-refractivity contribution is 6.05. The summed E-state index contributed by atoms with van der Waals surface area (Å²) in [6, 6.07) is 2.40. The fourth-order valence-electron chi connectivity index (χ4n) is 4.71. The Morgan fingerprint density at radius 1 is 1.18 bits per heavy atom. The maximum absolute atomic E-state index is 15.3. The molecule has 2 saturated heterocycles. The first-order chi connectivity index (χ1) is 22.0. The molecule has 3 amide bonds. The Kier molecular flexibility index (Phi) is 4.11. The summed E-state index contributed by atoms with van der Waals surface area (Å²) in [4.78, 5) is 40.1. The first-order valence-electron chi connectivity index (χ1n) is 17.3. The quantitative estimate of drug-likeness (QED) is 0.571. The van der Waals surface area contributed by atoms with Gasteiger partial charge >= 0.3 is 0 Å². The summed E-state index contributed by atoms with van der Waals surface area (Å²) in [7, 11) is 0. The number of nitrogens with one attached hydrogen (secondary N) is 1. The molecule has 38 heavy (non-hydrogen) atoms. The first-order valence-corrected chi connectivity index (χ1v) is 11.8. The van der Waals surface area contributed by atoms with Crippen LogP contribution in [0, 0.1) is 5.82 Å². The largest absolute Gasteiger partial charge is 0.488 e. The zero-order valence-corrected chi connectivity index (χ0v) is 21.2. The van der Waals surface area contributed by atoms with E-state index in [1.165, 1.54) is 10.2 Å². The van der Waals surface area contributed by atoms with Crippen molar-refractivity contribution in [3.05, 3.63) is 64.5 Å². The summed E-state index contributed by atoms with van der Waals surface area (Å²) in [5.41, 5.74) is -3.82. The number of hydrogen-bond donors (Lipinski definition) is 1. The lowest BCUT2D eigenvalue weighted by molar-refractivity contribution is -0.182. The summed E-state index contributed by atoms with van der Waals surface area (Å²) in [5.74, 6) is -6.89. The van der Waals surface area contributed by atoms with Crippen molar-refractivity contribution in [3.63, 3.8) is 0 Å². The van der Waals surface area contributed by atoms with Crippen LogP contribution in [0.25, 0.3) is 0 Å². The van der Waals surface area contributed by atoms with Crippen LogP contribution in [0.3, 0.4) is 0 Å². The molecular formula is C29H34FN3O5. The molecule has 1 unspecified atom stereocenters. The van der Waals surface area contributed by atoms with Gasteiger partial charge in [0.2, 0.25) is 11.8 Å². The highest BCUT2D eigenvalue weighted by Gasteiger charge is 2.40. The van der Waals surface area contributed by atoms with Crippen molar-refractivity contribution < 1.29 is 43.3 Å². The van der Waals surface area contributed by atoms with Gasteiger partial charge in [0.05, 0.1) is 24.6 Å². The molecule has 2 fully saturated rings. The molecule has 2 aromatic rings. The Hall–Kier alpha value is -3.30. The molecule has 202 valence electrons. The molecule has 3 aliphatic rings. The standard InChI is InChI=1S/C29H34FN3O5/c1-28(2)16-32(17-29(3,4)38-28)13-18-8-9-22(30)19(12-18)15-37-24-7-5-6-20-21(24)14-33(27(20)36)23-10-11-25(34)31-26(23)35/h5-9,12,23H,10-11,13-17H2,1-4H3,(H,31,34,35)/i10D2,11D2,13D2,14D2,15D2,23D. The van der Waals surface area contributed by atoms with Crippen molar-refractivity contribution in [2.24, 2.45) is 0 Å². The highest BCUT2D eigenvalue weighted by Crippen LogP contribution is 2.34. The van der Waals surface area contributed by atoms with Crippen LogP contribution in [-0.4, -0.2) is 57.8 Å². The second-order valence-corrected chi connectivity index (χ2v) is 10.3. The molecule has 9 heteroatoms.